The Hall–Kier alpha value is -3.58. The third-order valence-corrected chi connectivity index (χ3v) is 10.1. The Morgan fingerprint density at radius 2 is 1.67 bits per heavy atom. The van der Waals surface area contributed by atoms with Crippen LogP contribution in [0.4, 0.5) is 35.9 Å². The molecule has 0 unspecified atom stereocenters. The summed E-state index contributed by atoms with van der Waals surface area (Å²) in [6.45, 7) is 0.730. The number of nitrogens with one attached hydrogen (secondary N) is 2. The number of fused-ring (bicyclic) bond motifs is 1. The zero-order chi connectivity index (χ0) is 30.4. The first kappa shape index (κ1) is 29.5. The number of alkyl halides is 2. The van der Waals surface area contributed by atoms with Gasteiger partial charge >= 0.3 is 0 Å². The van der Waals surface area contributed by atoms with Crippen LogP contribution in [0, 0.1) is 11.2 Å². The van der Waals surface area contributed by atoms with Crippen LogP contribution in [-0.2, 0) is 10.0 Å². The summed E-state index contributed by atoms with van der Waals surface area (Å²) in [7, 11) is -3.80. The smallest absolute Gasteiger partial charge is 0.257 e. The molecule has 1 aromatic heterocycles. The van der Waals surface area contributed by atoms with Gasteiger partial charge in [-0.25, -0.2) is 21.6 Å². The number of pyridine rings is 1. The Morgan fingerprint density at radius 1 is 0.977 bits per heavy atom. The molecule has 3 aromatic rings. The maximum atomic E-state index is 16.1. The van der Waals surface area contributed by atoms with Crippen molar-refractivity contribution < 1.29 is 31.5 Å². The number of rotatable bonds is 8. The maximum Gasteiger partial charge on any atom is 0.257 e. The molecule has 1 amide bonds. The van der Waals surface area contributed by atoms with Crippen LogP contribution >= 0.6 is 0 Å². The van der Waals surface area contributed by atoms with Crippen molar-refractivity contribution in [1.82, 2.24) is 4.98 Å². The highest BCUT2D eigenvalue weighted by atomic mass is 32.2. The third-order valence-electron chi connectivity index (χ3n) is 8.86. The fourth-order valence-electron chi connectivity index (χ4n) is 6.11. The predicted molar refractivity (Wildman–Crippen MR) is 160 cm³/mol. The van der Waals surface area contributed by atoms with Gasteiger partial charge in [-0.05, 0) is 61.4 Å². The number of aliphatic hydroxyl groups excluding tert-OH is 1. The van der Waals surface area contributed by atoms with E-state index in [1.165, 1.54) is 37.2 Å². The molecule has 2 aliphatic heterocycles. The van der Waals surface area contributed by atoms with Crippen molar-refractivity contribution in [1.29, 1.82) is 0 Å². The fraction of sp³-hybridized carbons (Fsp3) is 0.467. The molecule has 43 heavy (non-hydrogen) atoms. The lowest BCUT2D eigenvalue weighted by atomic mass is 9.93. The lowest BCUT2D eigenvalue weighted by Crippen LogP contribution is -2.40. The number of nitrogens with zero attached hydrogens (tertiary/aromatic N) is 3. The van der Waals surface area contributed by atoms with Crippen molar-refractivity contribution in [2.24, 2.45) is 5.41 Å². The second-order valence-corrected chi connectivity index (χ2v) is 13.7. The van der Waals surface area contributed by atoms with Crippen LogP contribution in [0.5, 0.6) is 0 Å². The zero-order valence-corrected chi connectivity index (χ0v) is 24.4. The SMILES string of the molecule is O=C(Nc1cc2cccnc2c(N2CCC(F)(F)CC2)c1F)c1ccc(NS(=O)(=O)CCO)cc1N1CCC2(CC1)CC2. The Labute approximate surface area is 248 Å². The van der Waals surface area contributed by atoms with Gasteiger partial charge in [0.15, 0.2) is 5.82 Å². The highest BCUT2D eigenvalue weighted by Crippen LogP contribution is 2.54. The van der Waals surface area contributed by atoms with Gasteiger partial charge < -0.3 is 20.2 Å². The molecule has 0 radical (unpaired) electrons. The van der Waals surface area contributed by atoms with Gasteiger partial charge in [-0.15, -0.1) is 0 Å². The van der Waals surface area contributed by atoms with Gasteiger partial charge in [0.25, 0.3) is 11.8 Å². The number of benzene rings is 2. The molecule has 3 N–H and O–H groups in total. The first-order valence-electron chi connectivity index (χ1n) is 14.5. The summed E-state index contributed by atoms with van der Waals surface area (Å²) < 4.78 is 71.0. The topological polar surface area (TPSA) is 115 Å². The molecule has 0 bridgehead atoms. The number of amides is 1. The molecule has 230 valence electrons. The minimum absolute atomic E-state index is 0.0543. The van der Waals surface area contributed by atoms with Gasteiger partial charge in [0, 0.05) is 50.6 Å². The Morgan fingerprint density at radius 3 is 2.35 bits per heavy atom. The first-order valence-corrected chi connectivity index (χ1v) is 16.2. The number of sulfonamides is 1. The van der Waals surface area contributed by atoms with Crippen molar-refractivity contribution in [3.8, 4) is 0 Å². The molecule has 3 aliphatic rings. The number of aliphatic hydroxyl groups is 1. The van der Waals surface area contributed by atoms with Crippen LogP contribution in [-0.4, -0.2) is 68.9 Å². The van der Waals surface area contributed by atoms with E-state index < -0.39 is 52.9 Å². The number of hydrogen-bond acceptors (Lipinski definition) is 7. The van der Waals surface area contributed by atoms with E-state index in [-0.39, 0.29) is 35.7 Å². The number of halogens is 3. The van der Waals surface area contributed by atoms with Gasteiger partial charge in [0.2, 0.25) is 10.0 Å². The highest BCUT2D eigenvalue weighted by Gasteiger charge is 2.44. The third kappa shape index (κ3) is 6.23. The normalized spacial score (nSPS) is 19.4. The van der Waals surface area contributed by atoms with Crippen molar-refractivity contribution in [3.05, 3.63) is 54.0 Å². The van der Waals surface area contributed by atoms with Gasteiger partial charge in [-0.2, -0.15) is 0 Å². The van der Waals surface area contributed by atoms with Crippen molar-refractivity contribution in [3.63, 3.8) is 0 Å². The second kappa shape index (κ2) is 11.2. The molecule has 2 aromatic carbocycles. The maximum absolute atomic E-state index is 16.1. The molecule has 1 spiro atoms. The molecule has 0 atom stereocenters. The minimum atomic E-state index is -3.80. The van der Waals surface area contributed by atoms with E-state index in [1.54, 1.807) is 23.1 Å². The molecule has 1 saturated carbocycles. The van der Waals surface area contributed by atoms with E-state index in [1.807, 2.05) is 4.90 Å². The lowest BCUT2D eigenvalue weighted by molar-refractivity contribution is -0.0221. The molecule has 3 heterocycles. The largest absolute Gasteiger partial charge is 0.395 e. The molecular weight excluding hydrogens is 583 g/mol. The molecule has 1 aliphatic carbocycles. The Kier molecular flexibility index (Phi) is 7.66. The van der Waals surface area contributed by atoms with E-state index in [0.717, 1.165) is 12.8 Å². The molecule has 9 nitrogen and oxygen atoms in total. The molecule has 6 rings (SSSR count). The van der Waals surface area contributed by atoms with Crippen LogP contribution < -0.4 is 19.8 Å². The average molecular weight is 618 g/mol. The average Bonchev–Trinajstić information content (AvgIpc) is 3.72. The number of piperidine rings is 2. The van der Waals surface area contributed by atoms with Crippen LogP contribution in [0.2, 0.25) is 0 Å². The Balaban J connectivity index is 1.33. The quantitative estimate of drug-likeness (QED) is 0.327. The fourth-order valence-corrected chi connectivity index (χ4v) is 6.94. The first-order chi connectivity index (χ1) is 20.5. The van der Waals surface area contributed by atoms with E-state index in [4.69, 9.17) is 5.11 Å². The summed E-state index contributed by atoms with van der Waals surface area (Å²) in [5.74, 6) is -4.63. The molecule has 13 heteroatoms. The second-order valence-electron chi connectivity index (χ2n) is 11.8. The number of aromatic nitrogens is 1. The summed E-state index contributed by atoms with van der Waals surface area (Å²) in [5.41, 5.74) is 1.65. The van der Waals surface area contributed by atoms with Crippen molar-refractivity contribution in [2.45, 2.75) is 44.4 Å². The van der Waals surface area contributed by atoms with Gasteiger partial charge in [-0.1, -0.05) is 6.07 Å². The molecule has 3 fully saturated rings. The van der Waals surface area contributed by atoms with Crippen LogP contribution in [0.3, 0.4) is 0 Å². The van der Waals surface area contributed by atoms with Crippen LogP contribution in [0.25, 0.3) is 10.9 Å². The van der Waals surface area contributed by atoms with Crippen molar-refractivity contribution >= 4 is 49.6 Å². The summed E-state index contributed by atoms with van der Waals surface area (Å²) in [6.07, 6.45) is 4.97. The summed E-state index contributed by atoms with van der Waals surface area (Å²) in [4.78, 5) is 21.7. The Bertz CT molecular complexity index is 1640. The number of anilines is 4. The van der Waals surface area contributed by atoms with E-state index >= 15 is 4.39 Å². The number of carbonyl (C=O) groups is 1. The predicted octanol–water partition coefficient (Wildman–Crippen LogP) is 4.98. The van der Waals surface area contributed by atoms with E-state index in [2.05, 4.69) is 15.0 Å². The number of carbonyl (C=O) groups excluding carboxylic acids is 1. The monoisotopic (exact) mass is 617 g/mol. The molecule has 2 saturated heterocycles. The van der Waals surface area contributed by atoms with E-state index in [0.29, 0.717) is 35.1 Å². The lowest BCUT2D eigenvalue weighted by Gasteiger charge is -2.35. The van der Waals surface area contributed by atoms with Gasteiger partial charge in [0.05, 0.1) is 40.5 Å². The van der Waals surface area contributed by atoms with Gasteiger partial charge in [0.1, 0.15) is 5.69 Å². The summed E-state index contributed by atoms with van der Waals surface area (Å²) in [6, 6.07) is 9.43. The van der Waals surface area contributed by atoms with Gasteiger partial charge in [-0.3, -0.25) is 14.5 Å². The standard InChI is InChI=1S/C30H34F3N5O4S/c31-25-23(18-20-2-1-11-34-26(20)27(25)38-14-9-30(32,33)10-15-38)35-28(40)22-4-3-21(36-43(41,42)17-16-39)19-24(22)37-12-7-29(5-6-29)8-13-37/h1-4,11,18-19,36,39H,5-10,12-17H2,(H,35,40). The summed E-state index contributed by atoms with van der Waals surface area (Å²) in [5, 5.41) is 12.4. The van der Waals surface area contributed by atoms with Crippen molar-refractivity contribution in [2.75, 3.05) is 58.4 Å². The minimum Gasteiger partial charge on any atom is -0.395 e. The number of hydrogen-bond donors (Lipinski definition) is 3. The van der Waals surface area contributed by atoms with E-state index in [9.17, 15) is 22.0 Å². The summed E-state index contributed by atoms with van der Waals surface area (Å²) >= 11 is 0. The highest BCUT2D eigenvalue weighted by molar-refractivity contribution is 7.92. The molecular formula is C30H34F3N5O4S. The van der Waals surface area contributed by atoms with Crippen LogP contribution in [0.15, 0.2) is 42.6 Å². The zero-order valence-electron chi connectivity index (χ0n) is 23.6. The van der Waals surface area contributed by atoms with Crippen LogP contribution in [0.1, 0.15) is 48.9 Å².